The molecule has 1 aromatic rings. The molecule has 0 unspecified atom stereocenters. The van der Waals surface area contributed by atoms with Crippen LogP contribution >= 0.6 is 0 Å². The van der Waals surface area contributed by atoms with Crippen molar-refractivity contribution in [3.05, 3.63) is 35.9 Å². The molecule has 2 aliphatic heterocycles. The smallest absolute Gasteiger partial charge is 0.317 e. The van der Waals surface area contributed by atoms with E-state index in [0.29, 0.717) is 18.6 Å². The number of amides is 2. The Balaban J connectivity index is 1.30. The van der Waals surface area contributed by atoms with Gasteiger partial charge in [0.05, 0.1) is 0 Å². The van der Waals surface area contributed by atoms with Gasteiger partial charge in [-0.15, -0.1) is 0 Å². The highest BCUT2D eigenvalue weighted by Gasteiger charge is 2.34. The number of piperidine rings is 1. The topological polar surface area (TPSA) is 44.8 Å². The number of hydrogen-bond donors (Lipinski definition) is 1. The van der Waals surface area contributed by atoms with E-state index in [9.17, 15) is 4.79 Å². The Morgan fingerprint density at radius 3 is 2.32 bits per heavy atom. The average Bonchev–Trinajstić information content (AvgIpc) is 2.82. The minimum Gasteiger partial charge on any atom is -0.381 e. The Hall–Kier alpha value is -1.59. The van der Waals surface area contributed by atoms with E-state index in [-0.39, 0.29) is 6.03 Å². The lowest BCUT2D eigenvalue weighted by molar-refractivity contribution is 0.0194. The van der Waals surface area contributed by atoms with E-state index in [1.54, 1.807) is 0 Å². The van der Waals surface area contributed by atoms with Gasteiger partial charge in [0, 0.05) is 51.5 Å². The molecule has 1 N–H and O–H groups in total. The van der Waals surface area contributed by atoms with Gasteiger partial charge >= 0.3 is 6.03 Å². The zero-order valence-electron chi connectivity index (χ0n) is 19.1. The molecule has 31 heavy (non-hydrogen) atoms. The highest BCUT2D eigenvalue weighted by Crippen LogP contribution is 2.28. The highest BCUT2D eigenvalue weighted by molar-refractivity contribution is 5.75. The molecule has 2 heterocycles. The SMILES string of the molecule is O=C(NCCc1ccccc1)N(C1CCOCC1)C1CCN(CC2CCCCC2)CC1. The number of carbonyl (C=O) groups excluding carboxylic acids is 1. The van der Waals surface area contributed by atoms with Crippen molar-refractivity contribution in [3.8, 4) is 0 Å². The molecular formula is C26H41N3O2. The molecule has 0 atom stereocenters. The Bertz CT molecular complexity index is 648. The van der Waals surface area contributed by atoms with Crippen molar-refractivity contribution in [2.24, 2.45) is 5.92 Å². The number of benzene rings is 1. The van der Waals surface area contributed by atoms with Crippen LogP contribution in [0.2, 0.25) is 0 Å². The van der Waals surface area contributed by atoms with Gasteiger partial charge in [-0.1, -0.05) is 49.6 Å². The first-order valence-corrected chi connectivity index (χ1v) is 12.7. The molecule has 2 amide bonds. The van der Waals surface area contributed by atoms with Crippen LogP contribution in [0.5, 0.6) is 0 Å². The highest BCUT2D eigenvalue weighted by atomic mass is 16.5. The van der Waals surface area contributed by atoms with E-state index in [1.165, 1.54) is 44.2 Å². The van der Waals surface area contributed by atoms with Gasteiger partial charge in [0.2, 0.25) is 0 Å². The molecule has 0 aromatic heterocycles. The number of ether oxygens (including phenoxy) is 1. The van der Waals surface area contributed by atoms with Crippen molar-refractivity contribution in [3.63, 3.8) is 0 Å². The van der Waals surface area contributed by atoms with Gasteiger partial charge in [-0.05, 0) is 56.4 Å². The fraction of sp³-hybridized carbons (Fsp3) is 0.731. The molecule has 3 aliphatic rings. The fourth-order valence-electron chi connectivity index (χ4n) is 5.76. The van der Waals surface area contributed by atoms with Gasteiger partial charge < -0.3 is 19.9 Å². The molecule has 2 saturated heterocycles. The third-order valence-corrected chi connectivity index (χ3v) is 7.54. The third kappa shape index (κ3) is 6.69. The van der Waals surface area contributed by atoms with Gasteiger partial charge in [-0.2, -0.15) is 0 Å². The maximum atomic E-state index is 13.3. The van der Waals surface area contributed by atoms with Gasteiger partial charge in [0.1, 0.15) is 0 Å². The van der Waals surface area contributed by atoms with Gasteiger partial charge in [0.15, 0.2) is 0 Å². The van der Waals surface area contributed by atoms with Crippen molar-refractivity contribution in [1.29, 1.82) is 0 Å². The summed E-state index contributed by atoms with van der Waals surface area (Å²) < 4.78 is 5.59. The van der Waals surface area contributed by atoms with E-state index >= 15 is 0 Å². The summed E-state index contributed by atoms with van der Waals surface area (Å²) in [4.78, 5) is 18.2. The second-order valence-electron chi connectivity index (χ2n) is 9.75. The van der Waals surface area contributed by atoms with Crippen LogP contribution in [-0.4, -0.2) is 67.3 Å². The molecule has 5 heteroatoms. The summed E-state index contributed by atoms with van der Waals surface area (Å²) in [5.74, 6) is 0.901. The van der Waals surface area contributed by atoms with Crippen molar-refractivity contribution in [2.75, 3.05) is 39.4 Å². The standard InChI is InChI=1S/C26H41N3O2/c30-26(27-16-11-22-7-3-1-4-8-22)29(25-14-19-31-20-15-25)24-12-17-28(18-13-24)21-23-9-5-2-6-10-23/h1,3-4,7-8,23-25H,2,5-6,9-21H2,(H,27,30). The number of nitrogens with one attached hydrogen (secondary N) is 1. The summed E-state index contributed by atoms with van der Waals surface area (Å²) in [6.07, 6.45) is 12.1. The number of nitrogens with zero attached hydrogens (tertiary/aromatic N) is 2. The van der Waals surface area contributed by atoms with Gasteiger partial charge in [-0.3, -0.25) is 0 Å². The quantitative estimate of drug-likeness (QED) is 0.699. The molecule has 1 saturated carbocycles. The van der Waals surface area contributed by atoms with Crippen molar-refractivity contribution in [1.82, 2.24) is 15.1 Å². The van der Waals surface area contributed by atoms with Crippen LogP contribution in [0.15, 0.2) is 30.3 Å². The molecule has 0 radical (unpaired) electrons. The molecule has 172 valence electrons. The summed E-state index contributed by atoms with van der Waals surface area (Å²) in [5, 5.41) is 3.24. The minimum absolute atomic E-state index is 0.133. The first-order chi connectivity index (χ1) is 15.3. The third-order valence-electron chi connectivity index (χ3n) is 7.54. The van der Waals surface area contributed by atoms with E-state index < -0.39 is 0 Å². The van der Waals surface area contributed by atoms with Crippen molar-refractivity contribution in [2.45, 2.75) is 76.3 Å². The predicted molar refractivity (Wildman–Crippen MR) is 125 cm³/mol. The molecule has 1 aromatic carbocycles. The summed E-state index contributed by atoms with van der Waals surface area (Å²) in [5.41, 5.74) is 1.27. The van der Waals surface area contributed by atoms with Gasteiger partial charge in [-0.25, -0.2) is 4.79 Å². The number of rotatable bonds is 7. The zero-order chi connectivity index (χ0) is 21.3. The minimum atomic E-state index is 0.133. The lowest BCUT2D eigenvalue weighted by atomic mass is 9.88. The molecule has 0 spiro atoms. The van der Waals surface area contributed by atoms with Crippen molar-refractivity contribution >= 4 is 6.03 Å². The predicted octanol–water partition coefficient (Wildman–Crippen LogP) is 4.46. The van der Waals surface area contributed by atoms with E-state index in [4.69, 9.17) is 4.74 Å². The number of urea groups is 1. The van der Waals surface area contributed by atoms with Crippen LogP contribution < -0.4 is 5.32 Å². The van der Waals surface area contributed by atoms with Crippen LogP contribution in [0.1, 0.15) is 63.4 Å². The zero-order valence-corrected chi connectivity index (χ0v) is 19.1. The lowest BCUT2D eigenvalue weighted by Crippen LogP contribution is -2.56. The Morgan fingerprint density at radius 1 is 0.935 bits per heavy atom. The molecular weight excluding hydrogens is 386 g/mol. The normalized spacial score (nSPS) is 22.3. The number of hydrogen-bond acceptors (Lipinski definition) is 3. The molecule has 0 bridgehead atoms. The van der Waals surface area contributed by atoms with Crippen LogP contribution in [0.4, 0.5) is 4.79 Å². The summed E-state index contributed by atoms with van der Waals surface area (Å²) in [6.45, 7) is 5.80. The molecule has 3 fully saturated rings. The first kappa shape index (κ1) is 22.6. The van der Waals surface area contributed by atoms with Crippen LogP contribution in [0.25, 0.3) is 0 Å². The van der Waals surface area contributed by atoms with E-state index in [1.807, 2.05) is 6.07 Å². The largest absolute Gasteiger partial charge is 0.381 e. The van der Waals surface area contributed by atoms with Gasteiger partial charge in [0.25, 0.3) is 0 Å². The number of likely N-dealkylation sites (tertiary alicyclic amines) is 1. The average molecular weight is 428 g/mol. The molecule has 4 rings (SSSR count). The number of carbonyl (C=O) groups is 1. The monoisotopic (exact) mass is 427 g/mol. The first-order valence-electron chi connectivity index (χ1n) is 12.7. The lowest BCUT2D eigenvalue weighted by Gasteiger charge is -2.44. The van der Waals surface area contributed by atoms with E-state index in [0.717, 1.165) is 64.3 Å². The fourth-order valence-corrected chi connectivity index (χ4v) is 5.76. The summed E-state index contributed by atoms with van der Waals surface area (Å²) >= 11 is 0. The van der Waals surface area contributed by atoms with E-state index in [2.05, 4.69) is 39.4 Å². The Morgan fingerprint density at radius 2 is 1.61 bits per heavy atom. The summed E-state index contributed by atoms with van der Waals surface area (Å²) in [6, 6.07) is 11.2. The molecule has 5 nitrogen and oxygen atoms in total. The maximum Gasteiger partial charge on any atom is 0.317 e. The summed E-state index contributed by atoms with van der Waals surface area (Å²) in [7, 11) is 0. The van der Waals surface area contributed by atoms with Crippen LogP contribution in [0, 0.1) is 5.92 Å². The second-order valence-corrected chi connectivity index (χ2v) is 9.75. The maximum absolute atomic E-state index is 13.3. The Kier molecular flexibility index (Phi) is 8.65. The Labute approximate surface area is 188 Å². The molecule has 1 aliphatic carbocycles. The second kappa shape index (κ2) is 11.9. The van der Waals surface area contributed by atoms with Crippen LogP contribution in [0.3, 0.4) is 0 Å². The van der Waals surface area contributed by atoms with Crippen LogP contribution in [-0.2, 0) is 11.2 Å². The van der Waals surface area contributed by atoms with Crippen molar-refractivity contribution < 1.29 is 9.53 Å².